The van der Waals surface area contributed by atoms with Gasteiger partial charge in [0.05, 0.1) is 5.69 Å². The number of imidazole rings is 1. The Kier molecular flexibility index (Phi) is 3.87. The van der Waals surface area contributed by atoms with E-state index in [9.17, 15) is 0 Å². The molecule has 7 nitrogen and oxygen atoms in total. The number of benzene rings is 1. The normalized spacial score (nSPS) is 11.5. The number of rotatable bonds is 4. The standard InChI is InChI=1S/C20H18N6OS/c1-12-7-6-8-15(13(12)2)27-11-17-24-26-19(22-23-20(26)28-17)18-14(3)21-16-9-4-5-10-25(16)18/h4-10H,11H2,1-3H3. The average molecular weight is 390 g/mol. The van der Waals surface area contributed by atoms with E-state index in [-0.39, 0.29) is 0 Å². The Balaban J connectivity index is 1.51. The molecule has 1 aromatic carbocycles. The quantitative estimate of drug-likeness (QED) is 0.464. The van der Waals surface area contributed by atoms with Gasteiger partial charge in [0.15, 0.2) is 5.01 Å². The van der Waals surface area contributed by atoms with E-state index in [1.165, 1.54) is 16.9 Å². The smallest absolute Gasteiger partial charge is 0.235 e. The third-order valence-electron chi connectivity index (χ3n) is 4.85. The summed E-state index contributed by atoms with van der Waals surface area (Å²) in [4.78, 5) is 5.35. The Morgan fingerprint density at radius 2 is 1.93 bits per heavy atom. The van der Waals surface area contributed by atoms with Crippen molar-refractivity contribution in [3.8, 4) is 17.3 Å². The maximum Gasteiger partial charge on any atom is 0.235 e. The van der Waals surface area contributed by atoms with Crippen LogP contribution in [0, 0.1) is 20.8 Å². The molecule has 0 N–H and O–H groups in total. The number of pyridine rings is 1. The first kappa shape index (κ1) is 16.9. The zero-order chi connectivity index (χ0) is 19.3. The van der Waals surface area contributed by atoms with E-state index in [4.69, 9.17) is 4.74 Å². The second-order valence-electron chi connectivity index (χ2n) is 6.68. The van der Waals surface area contributed by atoms with E-state index in [1.54, 1.807) is 4.52 Å². The van der Waals surface area contributed by atoms with Gasteiger partial charge in [-0.1, -0.05) is 29.5 Å². The fourth-order valence-corrected chi connectivity index (χ4v) is 4.01. The van der Waals surface area contributed by atoms with Crippen LogP contribution in [0.4, 0.5) is 0 Å². The lowest BCUT2D eigenvalue weighted by Crippen LogP contribution is -2.00. The topological polar surface area (TPSA) is 69.6 Å². The molecule has 28 heavy (non-hydrogen) atoms. The third-order valence-corrected chi connectivity index (χ3v) is 5.73. The second-order valence-corrected chi connectivity index (χ2v) is 7.72. The molecule has 5 aromatic rings. The second kappa shape index (κ2) is 6.42. The van der Waals surface area contributed by atoms with Crippen LogP contribution in [0.3, 0.4) is 0 Å². The predicted octanol–water partition coefficient (Wildman–Crippen LogP) is 4.00. The molecule has 0 saturated carbocycles. The molecule has 0 amide bonds. The summed E-state index contributed by atoms with van der Waals surface area (Å²) in [7, 11) is 0. The van der Waals surface area contributed by atoms with Gasteiger partial charge in [-0.2, -0.15) is 9.61 Å². The molecule has 0 saturated heterocycles. The minimum Gasteiger partial charge on any atom is -0.486 e. The van der Waals surface area contributed by atoms with Crippen LogP contribution in [0.25, 0.3) is 22.1 Å². The van der Waals surface area contributed by atoms with Crippen molar-refractivity contribution in [3.63, 3.8) is 0 Å². The van der Waals surface area contributed by atoms with E-state index in [2.05, 4.69) is 40.2 Å². The zero-order valence-corrected chi connectivity index (χ0v) is 16.6. The monoisotopic (exact) mass is 390 g/mol. The van der Waals surface area contributed by atoms with Gasteiger partial charge in [0.2, 0.25) is 10.8 Å². The highest BCUT2D eigenvalue weighted by Gasteiger charge is 2.19. The SMILES string of the molecule is Cc1cccc(OCc2nn3c(-c4c(C)nc5ccccn45)nnc3s2)c1C. The van der Waals surface area contributed by atoms with E-state index < -0.39 is 0 Å². The summed E-state index contributed by atoms with van der Waals surface area (Å²) in [5, 5.41) is 14.2. The Labute approximate surface area is 165 Å². The van der Waals surface area contributed by atoms with Crippen molar-refractivity contribution < 1.29 is 4.74 Å². The summed E-state index contributed by atoms with van der Waals surface area (Å²) in [6.45, 7) is 6.51. The lowest BCUT2D eigenvalue weighted by Gasteiger charge is -2.09. The van der Waals surface area contributed by atoms with Gasteiger partial charge >= 0.3 is 0 Å². The van der Waals surface area contributed by atoms with E-state index in [1.807, 2.05) is 47.9 Å². The van der Waals surface area contributed by atoms with Gasteiger partial charge in [0, 0.05) is 6.20 Å². The van der Waals surface area contributed by atoms with E-state index in [0.717, 1.165) is 38.3 Å². The third kappa shape index (κ3) is 2.65. The number of aromatic nitrogens is 6. The molecule has 0 atom stereocenters. The highest BCUT2D eigenvalue weighted by Crippen LogP contribution is 2.27. The van der Waals surface area contributed by atoms with Crippen molar-refractivity contribution in [1.29, 1.82) is 0 Å². The van der Waals surface area contributed by atoms with Gasteiger partial charge in [0.25, 0.3) is 0 Å². The van der Waals surface area contributed by atoms with Crippen LogP contribution in [-0.4, -0.2) is 29.2 Å². The summed E-state index contributed by atoms with van der Waals surface area (Å²) in [5.74, 6) is 1.56. The number of hydrogen-bond donors (Lipinski definition) is 0. The van der Waals surface area contributed by atoms with Crippen LogP contribution < -0.4 is 4.74 Å². The number of fused-ring (bicyclic) bond motifs is 2. The summed E-state index contributed by atoms with van der Waals surface area (Å²) in [6, 6.07) is 12.0. The summed E-state index contributed by atoms with van der Waals surface area (Å²) >= 11 is 1.48. The molecule has 0 aliphatic carbocycles. The molecule has 0 spiro atoms. The van der Waals surface area contributed by atoms with Gasteiger partial charge in [-0.15, -0.1) is 10.2 Å². The van der Waals surface area contributed by atoms with Crippen LogP contribution in [-0.2, 0) is 6.61 Å². The molecule has 0 radical (unpaired) electrons. The lowest BCUT2D eigenvalue weighted by molar-refractivity contribution is 0.302. The van der Waals surface area contributed by atoms with Crippen molar-refractivity contribution >= 4 is 21.9 Å². The Hall–Kier alpha value is -3.26. The van der Waals surface area contributed by atoms with E-state index >= 15 is 0 Å². The number of nitrogens with zero attached hydrogens (tertiary/aromatic N) is 6. The van der Waals surface area contributed by atoms with Gasteiger partial charge in [-0.05, 0) is 50.1 Å². The van der Waals surface area contributed by atoms with Crippen LogP contribution in [0.2, 0.25) is 0 Å². The summed E-state index contributed by atoms with van der Waals surface area (Å²) < 4.78 is 9.78. The van der Waals surface area contributed by atoms with Crippen LogP contribution >= 0.6 is 11.3 Å². The van der Waals surface area contributed by atoms with Crippen molar-refractivity contribution in [1.82, 2.24) is 29.2 Å². The minimum absolute atomic E-state index is 0.393. The first-order chi connectivity index (χ1) is 13.6. The van der Waals surface area contributed by atoms with Crippen molar-refractivity contribution in [2.45, 2.75) is 27.4 Å². The lowest BCUT2D eigenvalue weighted by atomic mass is 10.1. The minimum atomic E-state index is 0.393. The predicted molar refractivity (Wildman–Crippen MR) is 108 cm³/mol. The molecule has 0 fully saturated rings. The largest absolute Gasteiger partial charge is 0.486 e. The van der Waals surface area contributed by atoms with Gasteiger partial charge in [-0.3, -0.25) is 4.40 Å². The molecule has 4 heterocycles. The van der Waals surface area contributed by atoms with Gasteiger partial charge < -0.3 is 4.74 Å². The van der Waals surface area contributed by atoms with Crippen molar-refractivity contribution in [3.05, 3.63) is 64.4 Å². The first-order valence-electron chi connectivity index (χ1n) is 8.96. The van der Waals surface area contributed by atoms with Crippen LogP contribution in [0.1, 0.15) is 21.8 Å². The van der Waals surface area contributed by atoms with Crippen LogP contribution in [0.5, 0.6) is 5.75 Å². The van der Waals surface area contributed by atoms with Gasteiger partial charge in [-0.25, -0.2) is 4.98 Å². The maximum absolute atomic E-state index is 6.00. The molecular formula is C20H18N6OS. The summed E-state index contributed by atoms with van der Waals surface area (Å²) in [5.41, 5.74) is 5.02. The highest BCUT2D eigenvalue weighted by atomic mass is 32.1. The molecule has 0 bridgehead atoms. The number of hydrogen-bond acceptors (Lipinski definition) is 6. The Morgan fingerprint density at radius 3 is 2.82 bits per heavy atom. The molecule has 0 unspecified atom stereocenters. The molecule has 8 heteroatoms. The maximum atomic E-state index is 6.00. The van der Waals surface area contributed by atoms with Gasteiger partial charge in [0.1, 0.15) is 23.7 Å². The zero-order valence-electron chi connectivity index (χ0n) is 15.7. The van der Waals surface area contributed by atoms with Crippen LogP contribution in [0.15, 0.2) is 42.6 Å². The summed E-state index contributed by atoms with van der Waals surface area (Å²) in [6.07, 6.45) is 1.97. The molecule has 5 rings (SSSR count). The number of ether oxygens (including phenoxy) is 1. The molecule has 4 aromatic heterocycles. The fourth-order valence-electron chi connectivity index (χ4n) is 3.27. The number of aryl methyl sites for hydroxylation is 2. The average Bonchev–Trinajstić information content (AvgIpc) is 3.34. The molecular weight excluding hydrogens is 372 g/mol. The fraction of sp³-hybridized carbons (Fsp3) is 0.200. The Bertz CT molecular complexity index is 1320. The van der Waals surface area contributed by atoms with E-state index in [0.29, 0.717) is 12.4 Å². The van der Waals surface area contributed by atoms with Crippen molar-refractivity contribution in [2.75, 3.05) is 0 Å². The first-order valence-corrected chi connectivity index (χ1v) is 9.77. The van der Waals surface area contributed by atoms with Crippen molar-refractivity contribution in [2.24, 2.45) is 0 Å². The molecule has 0 aliphatic heterocycles. The molecule has 140 valence electrons. The Morgan fingerprint density at radius 1 is 1.04 bits per heavy atom. The highest BCUT2D eigenvalue weighted by molar-refractivity contribution is 7.16. The molecule has 0 aliphatic rings.